The number of esters is 1. The normalized spacial score (nSPS) is 11.9. The molecule has 1 amide bonds. The molecule has 0 bridgehead atoms. The van der Waals surface area contributed by atoms with Crippen molar-refractivity contribution in [2.45, 2.75) is 13.0 Å². The number of nitrogens with two attached hydrogens (primary N) is 1. The predicted octanol–water partition coefficient (Wildman–Crippen LogP) is -0.686. The monoisotopic (exact) mass is 206 g/mol. The minimum Gasteiger partial charge on any atom is -0.468 e. The Kier molecular flexibility index (Phi) is 6.34. The Bertz CT molecular complexity index is 187. The van der Waals surface area contributed by atoms with Crippen LogP contribution in [0.3, 0.4) is 0 Å². The Balaban J connectivity index is 3.42. The third-order valence-corrected chi connectivity index (χ3v) is 2.17. The topological polar surface area (TPSA) is 81.4 Å². The van der Waals surface area contributed by atoms with Crippen LogP contribution in [0.5, 0.6) is 0 Å². The molecule has 5 nitrogen and oxygen atoms in total. The second kappa shape index (κ2) is 6.73. The van der Waals surface area contributed by atoms with E-state index in [2.05, 4.69) is 10.1 Å². The molecule has 3 N–H and O–H groups in total. The van der Waals surface area contributed by atoms with Crippen molar-refractivity contribution in [1.29, 1.82) is 0 Å². The van der Waals surface area contributed by atoms with Gasteiger partial charge in [0.1, 0.15) is 6.04 Å². The van der Waals surface area contributed by atoms with Crippen LogP contribution >= 0.6 is 11.8 Å². The van der Waals surface area contributed by atoms with Crippen LogP contribution in [0, 0.1) is 0 Å². The smallest absolute Gasteiger partial charge is 0.323 e. The lowest BCUT2D eigenvalue weighted by molar-refractivity contribution is -0.141. The summed E-state index contributed by atoms with van der Waals surface area (Å²) in [7, 11) is 1.29. The highest BCUT2D eigenvalue weighted by Gasteiger charge is 2.12. The summed E-state index contributed by atoms with van der Waals surface area (Å²) < 4.78 is 4.43. The van der Waals surface area contributed by atoms with Crippen molar-refractivity contribution in [2.75, 3.05) is 18.7 Å². The van der Waals surface area contributed by atoms with E-state index in [9.17, 15) is 9.59 Å². The van der Waals surface area contributed by atoms with Crippen LogP contribution in [0.1, 0.15) is 6.92 Å². The van der Waals surface area contributed by atoms with Gasteiger partial charge in [0.2, 0.25) is 5.91 Å². The first-order valence-electron chi connectivity index (χ1n) is 3.73. The Morgan fingerprint density at radius 3 is 2.69 bits per heavy atom. The van der Waals surface area contributed by atoms with Gasteiger partial charge in [-0.05, 0) is 0 Å². The first-order chi connectivity index (χ1) is 6.07. The highest BCUT2D eigenvalue weighted by Crippen LogP contribution is 2.00. The summed E-state index contributed by atoms with van der Waals surface area (Å²) in [5.41, 5.74) is 5.44. The minimum atomic E-state index is -0.622. The van der Waals surface area contributed by atoms with E-state index in [1.54, 1.807) is 0 Å². The minimum absolute atomic E-state index is 0.0980. The number of hydrogen-bond acceptors (Lipinski definition) is 5. The van der Waals surface area contributed by atoms with Crippen LogP contribution in [0.4, 0.5) is 0 Å². The first kappa shape index (κ1) is 12.2. The maximum absolute atomic E-state index is 10.8. The molecular formula is C7H14N2O3S. The maximum Gasteiger partial charge on any atom is 0.323 e. The van der Waals surface area contributed by atoms with Gasteiger partial charge in [0.25, 0.3) is 0 Å². The van der Waals surface area contributed by atoms with Gasteiger partial charge in [0, 0.05) is 12.7 Å². The lowest BCUT2D eigenvalue weighted by Gasteiger charge is -2.08. The molecule has 0 aliphatic carbocycles. The van der Waals surface area contributed by atoms with Gasteiger partial charge in [-0.2, -0.15) is 0 Å². The average Bonchev–Trinajstić information content (AvgIpc) is 2.10. The number of rotatable bonds is 5. The quantitative estimate of drug-likeness (QED) is 0.353. The van der Waals surface area contributed by atoms with Crippen molar-refractivity contribution in [2.24, 2.45) is 5.73 Å². The van der Waals surface area contributed by atoms with Crippen LogP contribution in [-0.4, -0.2) is 36.7 Å². The standard InChI is InChI=1S/C7H14N2O3S/c1-5(10)9-4-13-3-6(8)7(11)12-2/h6H,3-4,8H2,1-2H3,(H,9,10). The van der Waals surface area contributed by atoms with E-state index in [4.69, 9.17) is 5.73 Å². The molecule has 1 atom stereocenters. The third kappa shape index (κ3) is 6.41. The van der Waals surface area contributed by atoms with E-state index in [0.717, 1.165) is 0 Å². The number of carbonyl (C=O) groups excluding carboxylic acids is 2. The van der Waals surface area contributed by atoms with Crippen molar-refractivity contribution in [3.63, 3.8) is 0 Å². The molecular weight excluding hydrogens is 192 g/mol. The summed E-state index contributed by atoms with van der Waals surface area (Å²) in [4.78, 5) is 21.2. The molecule has 0 spiro atoms. The molecule has 0 fully saturated rings. The number of thioether (sulfide) groups is 1. The molecule has 6 heteroatoms. The van der Waals surface area contributed by atoms with Crippen LogP contribution in [0.15, 0.2) is 0 Å². The van der Waals surface area contributed by atoms with E-state index in [1.165, 1.54) is 25.8 Å². The Labute approximate surface area is 81.4 Å². The van der Waals surface area contributed by atoms with E-state index in [-0.39, 0.29) is 5.91 Å². The lowest BCUT2D eigenvalue weighted by Crippen LogP contribution is -2.34. The number of nitrogens with one attached hydrogen (secondary N) is 1. The number of methoxy groups -OCH3 is 1. The molecule has 76 valence electrons. The zero-order chi connectivity index (χ0) is 10.3. The van der Waals surface area contributed by atoms with Gasteiger partial charge in [0.05, 0.1) is 13.0 Å². The van der Waals surface area contributed by atoms with Gasteiger partial charge in [-0.3, -0.25) is 9.59 Å². The number of hydrogen-bond donors (Lipinski definition) is 2. The van der Waals surface area contributed by atoms with Gasteiger partial charge in [-0.15, -0.1) is 11.8 Å². The molecule has 0 saturated heterocycles. The zero-order valence-electron chi connectivity index (χ0n) is 7.70. The van der Waals surface area contributed by atoms with Crippen LogP contribution < -0.4 is 11.1 Å². The molecule has 0 aliphatic heterocycles. The van der Waals surface area contributed by atoms with E-state index < -0.39 is 12.0 Å². The van der Waals surface area contributed by atoms with Gasteiger partial charge in [-0.1, -0.05) is 0 Å². The van der Waals surface area contributed by atoms with Gasteiger partial charge >= 0.3 is 5.97 Å². The van der Waals surface area contributed by atoms with Gasteiger partial charge in [-0.25, -0.2) is 0 Å². The largest absolute Gasteiger partial charge is 0.468 e. The lowest BCUT2D eigenvalue weighted by atomic mass is 10.4. The molecule has 0 radical (unpaired) electrons. The summed E-state index contributed by atoms with van der Waals surface area (Å²) >= 11 is 1.38. The molecule has 0 heterocycles. The molecule has 0 aromatic carbocycles. The fourth-order valence-corrected chi connectivity index (χ4v) is 1.37. The summed E-state index contributed by atoms with van der Waals surface area (Å²) in [6.07, 6.45) is 0. The summed E-state index contributed by atoms with van der Waals surface area (Å²) in [6, 6.07) is -0.622. The fraction of sp³-hybridized carbons (Fsp3) is 0.714. The zero-order valence-corrected chi connectivity index (χ0v) is 8.52. The molecule has 13 heavy (non-hydrogen) atoms. The predicted molar refractivity (Wildman–Crippen MR) is 51.1 cm³/mol. The molecule has 0 aromatic rings. The number of ether oxygens (including phenoxy) is 1. The maximum atomic E-state index is 10.8. The van der Waals surface area contributed by atoms with Gasteiger partial charge in [0.15, 0.2) is 0 Å². The van der Waals surface area contributed by atoms with Crippen molar-refractivity contribution < 1.29 is 14.3 Å². The van der Waals surface area contributed by atoms with Crippen molar-refractivity contribution in [3.8, 4) is 0 Å². The highest BCUT2D eigenvalue weighted by molar-refractivity contribution is 7.99. The molecule has 0 rings (SSSR count). The Morgan fingerprint density at radius 1 is 1.62 bits per heavy atom. The second-order valence-corrected chi connectivity index (χ2v) is 3.41. The summed E-state index contributed by atoms with van der Waals surface area (Å²) in [6.45, 7) is 1.43. The van der Waals surface area contributed by atoms with Crippen molar-refractivity contribution in [3.05, 3.63) is 0 Å². The SMILES string of the molecule is COC(=O)C(N)CSCNC(C)=O. The third-order valence-electron chi connectivity index (χ3n) is 1.22. The first-order valence-corrected chi connectivity index (χ1v) is 4.89. The van der Waals surface area contributed by atoms with Crippen LogP contribution in [0.2, 0.25) is 0 Å². The molecule has 0 aromatic heterocycles. The van der Waals surface area contributed by atoms with Crippen LogP contribution in [-0.2, 0) is 14.3 Å². The second-order valence-electron chi connectivity index (χ2n) is 2.38. The van der Waals surface area contributed by atoms with Crippen molar-refractivity contribution >= 4 is 23.6 Å². The van der Waals surface area contributed by atoms with Gasteiger partial charge < -0.3 is 15.8 Å². The van der Waals surface area contributed by atoms with E-state index in [0.29, 0.717) is 11.6 Å². The number of amides is 1. The Hall–Kier alpha value is -0.750. The van der Waals surface area contributed by atoms with Crippen molar-refractivity contribution in [1.82, 2.24) is 5.32 Å². The van der Waals surface area contributed by atoms with E-state index in [1.807, 2.05) is 0 Å². The summed E-state index contributed by atoms with van der Waals surface area (Å²) in [5.74, 6) is 0.363. The van der Waals surface area contributed by atoms with E-state index >= 15 is 0 Å². The molecule has 0 saturated carbocycles. The Morgan fingerprint density at radius 2 is 2.23 bits per heavy atom. The van der Waals surface area contributed by atoms with Crippen LogP contribution in [0.25, 0.3) is 0 Å². The molecule has 0 aliphatic rings. The number of carbonyl (C=O) groups is 2. The summed E-state index contributed by atoms with van der Waals surface area (Å²) in [5, 5.41) is 2.57. The molecule has 1 unspecified atom stereocenters. The highest BCUT2D eigenvalue weighted by atomic mass is 32.2. The average molecular weight is 206 g/mol. The fourth-order valence-electron chi connectivity index (χ4n) is 0.558.